The van der Waals surface area contributed by atoms with E-state index in [1.807, 2.05) is 0 Å². The van der Waals surface area contributed by atoms with Gasteiger partial charge in [0.25, 0.3) is 0 Å². The Labute approximate surface area is 150 Å². The molecular formula is C16H15ClN4O3S. The molecule has 1 aromatic carbocycles. The zero-order valence-corrected chi connectivity index (χ0v) is 14.7. The van der Waals surface area contributed by atoms with Gasteiger partial charge in [0, 0.05) is 35.9 Å². The third-order valence-electron chi connectivity index (χ3n) is 3.36. The van der Waals surface area contributed by atoms with Gasteiger partial charge in [0.15, 0.2) is 0 Å². The fraction of sp³-hybridized carbons (Fsp3) is 0.188. The molecule has 0 aliphatic rings. The molecule has 0 bridgehead atoms. The Morgan fingerprint density at radius 1 is 1.08 bits per heavy atom. The van der Waals surface area contributed by atoms with Crippen LogP contribution >= 0.6 is 11.6 Å². The fourth-order valence-electron chi connectivity index (χ4n) is 2.15. The highest BCUT2D eigenvalue weighted by atomic mass is 35.5. The Bertz CT molecular complexity index is 945. The van der Waals surface area contributed by atoms with Crippen molar-refractivity contribution in [3.05, 3.63) is 65.3 Å². The van der Waals surface area contributed by atoms with E-state index in [0.29, 0.717) is 28.8 Å². The number of halogens is 1. The third kappa shape index (κ3) is 4.85. The Kier molecular flexibility index (Phi) is 5.42. The summed E-state index contributed by atoms with van der Waals surface area (Å²) in [6.45, 7) is 0.158. The van der Waals surface area contributed by atoms with Gasteiger partial charge < -0.3 is 4.42 Å². The van der Waals surface area contributed by atoms with Gasteiger partial charge in [0.05, 0.1) is 5.75 Å². The second kappa shape index (κ2) is 7.73. The van der Waals surface area contributed by atoms with Gasteiger partial charge in [0.1, 0.15) is 0 Å². The first kappa shape index (κ1) is 17.5. The summed E-state index contributed by atoms with van der Waals surface area (Å²) >= 11 is 5.99. The molecule has 3 aromatic rings. The lowest BCUT2D eigenvalue weighted by atomic mass is 10.2. The molecule has 130 valence electrons. The van der Waals surface area contributed by atoms with Crippen LogP contribution in [0.3, 0.4) is 0 Å². The van der Waals surface area contributed by atoms with Crippen LogP contribution in [0.15, 0.2) is 53.2 Å². The van der Waals surface area contributed by atoms with Crippen LogP contribution in [0.25, 0.3) is 11.5 Å². The van der Waals surface area contributed by atoms with Crippen LogP contribution in [-0.4, -0.2) is 30.1 Å². The Hall–Kier alpha value is -2.29. The average molecular weight is 379 g/mol. The quantitative estimate of drug-likeness (QED) is 0.678. The summed E-state index contributed by atoms with van der Waals surface area (Å²) in [5, 5.41) is 8.28. The molecular weight excluding hydrogens is 364 g/mol. The maximum Gasteiger partial charge on any atom is 0.247 e. The molecule has 1 N–H and O–H groups in total. The van der Waals surface area contributed by atoms with E-state index in [2.05, 4.69) is 19.9 Å². The number of hydrogen-bond donors (Lipinski definition) is 1. The minimum Gasteiger partial charge on any atom is -0.421 e. The van der Waals surface area contributed by atoms with E-state index in [1.54, 1.807) is 48.8 Å². The normalized spacial score (nSPS) is 11.6. The highest BCUT2D eigenvalue weighted by molar-refractivity contribution is 7.88. The first-order valence-electron chi connectivity index (χ1n) is 7.47. The van der Waals surface area contributed by atoms with Crippen LogP contribution < -0.4 is 4.72 Å². The molecule has 2 heterocycles. The molecule has 7 nitrogen and oxygen atoms in total. The van der Waals surface area contributed by atoms with E-state index in [9.17, 15) is 8.42 Å². The van der Waals surface area contributed by atoms with Gasteiger partial charge in [-0.1, -0.05) is 29.8 Å². The van der Waals surface area contributed by atoms with Crippen LogP contribution in [0, 0.1) is 0 Å². The zero-order chi connectivity index (χ0) is 17.7. The van der Waals surface area contributed by atoms with Crippen molar-refractivity contribution in [2.75, 3.05) is 6.54 Å². The summed E-state index contributed by atoms with van der Waals surface area (Å²) in [7, 11) is -3.51. The molecule has 0 aliphatic carbocycles. The lowest BCUT2D eigenvalue weighted by molar-refractivity contribution is 0.502. The van der Waals surface area contributed by atoms with E-state index in [0.717, 1.165) is 5.56 Å². The summed E-state index contributed by atoms with van der Waals surface area (Å²) in [5.74, 6) is 0.544. The number of aromatic nitrogens is 3. The van der Waals surface area contributed by atoms with Crippen LogP contribution in [0.5, 0.6) is 0 Å². The van der Waals surface area contributed by atoms with Gasteiger partial charge in [-0.25, -0.2) is 13.1 Å². The van der Waals surface area contributed by atoms with E-state index in [1.165, 1.54) is 0 Å². The maximum absolute atomic E-state index is 12.1. The molecule has 9 heteroatoms. The maximum atomic E-state index is 12.1. The second-order valence-electron chi connectivity index (χ2n) is 5.23. The number of benzene rings is 1. The number of hydrogen-bond acceptors (Lipinski definition) is 6. The van der Waals surface area contributed by atoms with Gasteiger partial charge in [-0.05, 0) is 23.8 Å². The average Bonchev–Trinajstić information content (AvgIpc) is 3.06. The lowest BCUT2D eigenvalue weighted by Gasteiger charge is -2.07. The molecule has 25 heavy (non-hydrogen) atoms. The number of nitrogens with one attached hydrogen (secondary N) is 1. The molecule has 2 aromatic heterocycles. The molecule has 0 radical (unpaired) electrons. The van der Waals surface area contributed by atoms with Crippen molar-refractivity contribution in [2.45, 2.75) is 12.2 Å². The monoisotopic (exact) mass is 378 g/mol. The van der Waals surface area contributed by atoms with Gasteiger partial charge in [-0.2, -0.15) is 0 Å². The van der Waals surface area contributed by atoms with Crippen molar-refractivity contribution >= 4 is 21.6 Å². The largest absolute Gasteiger partial charge is 0.421 e. The Morgan fingerprint density at radius 2 is 1.84 bits per heavy atom. The number of sulfonamides is 1. The third-order valence-corrected chi connectivity index (χ3v) is 5.06. The molecule has 0 unspecified atom stereocenters. The summed E-state index contributed by atoms with van der Waals surface area (Å²) in [5.41, 5.74) is 1.31. The standard InChI is InChI=1S/C16H15ClN4O3S/c17-14-4-2-1-3-13(14)11-25(22,23)19-10-7-15-20-21-16(24-15)12-5-8-18-9-6-12/h1-6,8-9,19H,7,10-11H2. The minimum atomic E-state index is -3.51. The van der Waals surface area contributed by atoms with Crippen LogP contribution in [0.1, 0.15) is 11.5 Å². The van der Waals surface area contributed by atoms with Crippen molar-refractivity contribution in [1.82, 2.24) is 19.9 Å². The predicted molar refractivity (Wildman–Crippen MR) is 93.3 cm³/mol. The van der Waals surface area contributed by atoms with Crippen molar-refractivity contribution in [2.24, 2.45) is 0 Å². The van der Waals surface area contributed by atoms with Gasteiger partial charge in [0.2, 0.25) is 21.8 Å². The van der Waals surface area contributed by atoms with Gasteiger partial charge in [-0.3, -0.25) is 4.98 Å². The van der Waals surface area contributed by atoms with Crippen LogP contribution in [0.2, 0.25) is 5.02 Å². The number of nitrogens with zero attached hydrogens (tertiary/aromatic N) is 3. The first-order chi connectivity index (χ1) is 12.0. The second-order valence-corrected chi connectivity index (χ2v) is 7.45. The first-order valence-corrected chi connectivity index (χ1v) is 9.50. The van der Waals surface area contributed by atoms with Crippen LogP contribution in [-0.2, 0) is 22.2 Å². The highest BCUT2D eigenvalue weighted by Crippen LogP contribution is 2.18. The molecule has 3 rings (SSSR count). The van der Waals surface area contributed by atoms with E-state index in [4.69, 9.17) is 16.0 Å². The summed E-state index contributed by atoms with van der Waals surface area (Å²) < 4.78 is 32.3. The molecule has 0 aliphatic heterocycles. The predicted octanol–water partition coefficient (Wildman–Crippen LogP) is 2.45. The molecule has 0 saturated heterocycles. The highest BCUT2D eigenvalue weighted by Gasteiger charge is 2.14. The summed E-state index contributed by atoms with van der Waals surface area (Å²) in [6.07, 6.45) is 3.55. The number of rotatable bonds is 7. The lowest BCUT2D eigenvalue weighted by Crippen LogP contribution is -2.27. The van der Waals surface area contributed by atoms with Crippen LogP contribution in [0.4, 0.5) is 0 Å². The van der Waals surface area contributed by atoms with Crippen molar-refractivity contribution in [3.8, 4) is 11.5 Å². The number of pyridine rings is 1. The molecule has 0 spiro atoms. The van der Waals surface area contributed by atoms with Crippen molar-refractivity contribution in [3.63, 3.8) is 0 Å². The smallest absolute Gasteiger partial charge is 0.247 e. The van der Waals surface area contributed by atoms with E-state index in [-0.39, 0.29) is 12.3 Å². The molecule has 0 atom stereocenters. The molecule has 0 saturated carbocycles. The van der Waals surface area contributed by atoms with Crippen molar-refractivity contribution < 1.29 is 12.8 Å². The van der Waals surface area contributed by atoms with E-state index >= 15 is 0 Å². The van der Waals surface area contributed by atoms with Gasteiger partial charge in [-0.15, -0.1) is 10.2 Å². The Morgan fingerprint density at radius 3 is 2.60 bits per heavy atom. The Balaban J connectivity index is 1.56. The fourth-order valence-corrected chi connectivity index (χ4v) is 3.61. The van der Waals surface area contributed by atoms with Gasteiger partial charge >= 0.3 is 0 Å². The SMILES string of the molecule is O=S(=O)(Cc1ccccc1Cl)NCCc1nnc(-c2ccncc2)o1. The molecule has 0 fully saturated rings. The topological polar surface area (TPSA) is 98.0 Å². The van der Waals surface area contributed by atoms with Crippen molar-refractivity contribution in [1.29, 1.82) is 0 Å². The zero-order valence-electron chi connectivity index (χ0n) is 13.1. The summed E-state index contributed by atoms with van der Waals surface area (Å²) in [4.78, 5) is 3.92. The minimum absolute atomic E-state index is 0.158. The van der Waals surface area contributed by atoms with E-state index < -0.39 is 10.0 Å². The summed E-state index contributed by atoms with van der Waals surface area (Å²) in [6, 6.07) is 10.3. The molecule has 0 amide bonds.